The standard InChI is InChI=1S/C11H19N5O/c1-8(2)6-16(7-9(12)17)11-5-3-4-10(14-11)15-13/h3-5,8H,6-7,13H2,1-2H3,(H2,12,17)(H,14,15). The first-order chi connectivity index (χ1) is 8.02. The molecule has 0 unspecified atom stereocenters. The topological polar surface area (TPSA) is 97.3 Å². The number of carbonyl (C=O) groups is 1. The molecule has 1 amide bonds. The average molecular weight is 237 g/mol. The largest absolute Gasteiger partial charge is 0.368 e. The molecule has 0 bridgehead atoms. The Hall–Kier alpha value is -1.82. The van der Waals surface area contributed by atoms with E-state index in [1.54, 1.807) is 6.07 Å². The van der Waals surface area contributed by atoms with Gasteiger partial charge < -0.3 is 16.1 Å². The van der Waals surface area contributed by atoms with Crippen LogP contribution in [-0.2, 0) is 4.79 Å². The fraction of sp³-hybridized carbons (Fsp3) is 0.455. The molecule has 17 heavy (non-hydrogen) atoms. The molecule has 6 nitrogen and oxygen atoms in total. The van der Waals surface area contributed by atoms with Crippen molar-refractivity contribution in [3.63, 3.8) is 0 Å². The first-order valence-corrected chi connectivity index (χ1v) is 5.50. The molecule has 6 heteroatoms. The van der Waals surface area contributed by atoms with Gasteiger partial charge in [0.25, 0.3) is 0 Å². The van der Waals surface area contributed by atoms with Gasteiger partial charge in [-0.3, -0.25) is 4.79 Å². The number of nitrogen functional groups attached to an aromatic ring is 1. The zero-order chi connectivity index (χ0) is 12.8. The van der Waals surface area contributed by atoms with Crippen LogP contribution in [0.4, 0.5) is 11.6 Å². The minimum absolute atomic E-state index is 0.152. The van der Waals surface area contributed by atoms with E-state index in [-0.39, 0.29) is 12.5 Å². The van der Waals surface area contributed by atoms with E-state index in [0.29, 0.717) is 24.1 Å². The summed E-state index contributed by atoms with van der Waals surface area (Å²) in [5, 5.41) is 0. The summed E-state index contributed by atoms with van der Waals surface area (Å²) >= 11 is 0. The van der Waals surface area contributed by atoms with Gasteiger partial charge in [0.2, 0.25) is 5.91 Å². The second-order valence-corrected chi connectivity index (χ2v) is 4.27. The van der Waals surface area contributed by atoms with Crippen LogP contribution in [0.2, 0.25) is 0 Å². The molecule has 0 saturated heterocycles. The smallest absolute Gasteiger partial charge is 0.236 e. The molecule has 0 radical (unpaired) electrons. The molecule has 1 heterocycles. The highest BCUT2D eigenvalue weighted by Crippen LogP contribution is 2.15. The van der Waals surface area contributed by atoms with Gasteiger partial charge in [0.1, 0.15) is 11.6 Å². The normalized spacial score (nSPS) is 10.4. The number of nitrogens with one attached hydrogen (secondary N) is 1. The molecule has 0 saturated carbocycles. The number of pyridine rings is 1. The summed E-state index contributed by atoms with van der Waals surface area (Å²) in [5.41, 5.74) is 7.70. The van der Waals surface area contributed by atoms with E-state index >= 15 is 0 Å². The van der Waals surface area contributed by atoms with E-state index in [0.717, 1.165) is 0 Å². The van der Waals surface area contributed by atoms with E-state index in [1.807, 2.05) is 17.0 Å². The lowest BCUT2D eigenvalue weighted by Crippen LogP contribution is -2.36. The van der Waals surface area contributed by atoms with E-state index in [2.05, 4.69) is 24.3 Å². The molecule has 0 aromatic carbocycles. The number of nitrogens with two attached hydrogens (primary N) is 2. The maximum atomic E-state index is 11.0. The molecule has 0 aliphatic heterocycles. The molecule has 0 aliphatic rings. The van der Waals surface area contributed by atoms with Crippen LogP contribution < -0.4 is 21.9 Å². The summed E-state index contributed by atoms with van der Waals surface area (Å²) in [6.07, 6.45) is 0. The zero-order valence-electron chi connectivity index (χ0n) is 10.2. The van der Waals surface area contributed by atoms with Crippen molar-refractivity contribution in [1.29, 1.82) is 0 Å². The number of anilines is 2. The number of nitrogens with zero attached hydrogens (tertiary/aromatic N) is 2. The van der Waals surface area contributed by atoms with Gasteiger partial charge >= 0.3 is 0 Å². The van der Waals surface area contributed by atoms with Crippen LogP contribution in [0.15, 0.2) is 18.2 Å². The number of rotatable bonds is 6. The highest BCUT2D eigenvalue weighted by molar-refractivity contribution is 5.79. The quantitative estimate of drug-likeness (QED) is 0.489. The molecule has 0 spiro atoms. The highest BCUT2D eigenvalue weighted by atomic mass is 16.1. The molecular weight excluding hydrogens is 218 g/mol. The van der Waals surface area contributed by atoms with Crippen LogP contribution in [0, 0.1) is 5.92 Å². The van der Waals surface area contributed by atoms with Crippen molar-refractivity contribution in [2.24, 2.45) is 17.5 Å². The van der Waals surface area contributed by atoms with Crippen molar-refractivity contribution in [3.8, 4) is 0 Å². The lowest BCUT2D eigenvalue weighted by Gasteiger charge is -2.24. The van der Waals surface area contributed by atoms with Crippen LogP contribution in [0.25, 0.3) is 0 Å². The maximum absolute atomic E-state index is 11.0. The number of amides is 1. The number of hydrazine groups is 1. The summed E-state index contributed by atoms with van der Waals surface area (Å²) in [7, 11) is 0. The van der Waals surface area contributed by atoms with Crippen molar-refractivity contribution >= 4 is 17.5 Å². The lowest BCUT2D eigenvalue weighted by atomic mass is 10.2. The van der Waals surface area contributed by atoms with Crippen molar-refractivity contribution in [2.45, 2.75) is 13.8 Å². The van der Waals surface area contributed by atoms with Crippen molar-refractivity contribution in [1.82, 2.24) is 4.98 Å². The van der Waals surface area contributed by atoms with Crippen LogP contribution >= 0.6 is 0 Å². The molecule has 94 valence electrons. The summed E-state index contributed by atoms with van der Waals surface area (Å²) in [4.78, 5) is 17.2. The van der Waals surface area contributed by atoms with Gasteiger partial charge in [0.05, 0.1) is 6.54 Å². The molecule has 0 atom stereocenters. The predicted molar refractivity (Wildman–Crippen MR) is 68.3 cm³/mol. The number of carbonyl (C=O) groups excluding carboxylic acids is 1. The highest BCUT2D eigenvalue weighted by Gasteiger charge is 2.12. The Balaban J connectivity index is 2.90. The SMILES string of the molecule is CC(C)CN(CC(N)=O)c1cccc(NN)n1. The zero-order valence-corrected chi connectivity index (χ0v) is 10.2. The molecule has 1 aromatic heterocycles. The summed E-state index contributed by atoms with van der Waals surface area (Å²) in [6.45, 7) is 5.00. The minimum Gasteiger partial charge on any atom is -0.368 e. The van der Waals surface area contributed by atoms with Gasteiger partial charge in [0.15, 0.2) is 0 Å². The molecular formula is C11H19N5O. The third kappa shape index (κ3) is 4.28. The maximum Gasteiger partial charge on any atom is 0.236 e. The molecule has 1 rings (SSSR count). The molecule has 1 aromatic rings. The van der Waals surface area contributed by atoms with Crippen LogP contribution in [0.5, 0.6) is 0 Å². The summed E-state index contributed by atoms with van der Waals surface area (Å²) in [5.74, 6) is 6.57. The van der Waals surface area contributed by atoms with Crippen molar-refractivity contribution in [2.75, 3.05) is 23.4 Å². The third-order valence-corrected chi connectivity index (χ3v) is 2.14. The number of primary amides is 1. The van der Waals surface area contributed by atoms with Gasteiger partial charge in [-0.15, -0.1) is 0 Å². The first kappa shape index (κ1) is 13.2. The second-order valence-electron chi connectivity index (χ2n) is 4.27. The van der Waals surface area contributed by atoms with Gasteiger partial charge in [-0.05, 0) is 18.1 Å². The van der Waals surface area contributed by atoms with E-state index < -0.39 is 0 Å². The average Bonchev–Trinajstić information content (AvgIpc) is 2.27. The molecule has 0 fully saturated rings. The van der Waals surface area contributed by atoms with Gasteiger partial charge in [-0.1, -0.05) is 19.9 Å². The molecule has 0 aliphatic carbocycles. The Kier molecular flexibility index (Phi) is 4.71. The monoisotopic (exact) mass is 237 g/mol. The minimum atomic E-state index is -0.376. The van der Waals surface area contributed by atoms with Crippen molar-refractivity contribution in [3.05, 3.63) is 18.2 Å². The molecule has 5 N–H and O–H groups in total. The first-order valence-electron chi connectivity index (χ1n) is 5.50. The Labute approximate surface area is 101 Å². The third-order valence-electron chi connectivity index (χ3n) is 2.14. The fourth-order valence-electron chi connectivity index (χ4n) is 1.55. The van der Waals surface area contributed by atoms with Gasteiger partial charge in [-0.25, -0.2) is 10.8 Å². The second kappa shape index (κ2) is 6.05. The number of hydrogen-bond acceptors (Lipinski definition) is 5. The Morgan fingerprint density at radius 1 is 1.53 bits per heavy atom. The van der Waals surface area contributed by atoms with Crippen LogP contribution in [-0.4, -0.2) is 24.0 Å². The van der Waals surface area contributed by atoms with E-state index in [1.165, 1.54) is 0 Å². The van der Waals surface area contributed by atoms with Crippen LogP contribution in [0.3, 0.4) is 0 Å². The number of aromatic nitrogens is 1. The number of hydrogen-bond donors (Lipinski definition) is 3. The van der Waals surface area contributed by atoms with Crippen molar-refractivity contribution < 1.29 is 4.79 Å². The summed E-state index contributed by atoms with van der Waals surface area (Å²) in [6, 6.07) is 5.40. The summed E-state index contributed by atoms with van der Waals surface area (Å²) < 4.78 is 0. The Morgan fingerprint density at radius 3 is 2.76 bits per heavy atom. The Morgan fingerprint density at radius 2 is 2.24 bits per heavy atom. The van der Waals surface area contributed by atoms with Crippen LogP contribution in [0.1, 0.15) is 13.8 Å². The van der Waals surface area contributed by atoms with E-state index in [9.17, 15) is 4.79 Å². The fourth-order valence-corrected chi connectivity index (χ4v) is 1.55. The Bertz CT molecular complexity index is 380. The predicted octanol–water partition coefficient (Wildman–Crippen LogP) is 0.315. The van der Waals surface area contributed by atoms with Gasteiger partial charge in [-0.2, -0.15) is 0 Å². The van der Waals surface area contributed by atoms with Gasteiger partial charge in [0, 0.05) is 6.54 Å². The van der Waals surface area contributed by atoms with E-state index in [4.69, 9.17) is 11.6 Å². The lowest BCUT2D eigenvalue weighted by molar-refractivity contribution is -0.116.